The molecule has 2 heterocycles. The second kappa shape index (κ2) is 6.29. The van der Waals surface area contributed by atoms with E-state index in [4.69, 9.17) is 10.6 Å². The molecule has 2 rings (SSSR count). The summed E-state index contributed by atoms with van der Waals surface area (Å²) in [6.07, 6.45) is 4.25. The number of hydrogen-bond donors (Lipinski definition) is 2. The Morgan fingerprint density at radius 2 is 2.33 bits per heavy atom. The minimum Gasteiger partial charge on any atom is -0.495 e. The fraction of sp³-hybridized carbons (Fsp3) is 0.250. The van der Waals surface area contributed by atoms with Crippen LogP contribution < -0.4 is 16.0 Å². The van der Waals surface area contributed by atoms with Crippen LogP contribution in [-0.2, 0) is 6.42 Å². The fourth-order valence-corrected chi connectivity index (χ4v) is 3.30. The van der Waals surface area contributed by atoms with E-state index >= 15 is 0 Å². The Morgan fingerprint density at radius 1 is 1.50 bits per heavy atom. The van der Waals surface area contributed by atoms with E-state index in [2.05, 4.69) is 32.4 Å². The van der Waals surface area contributed by atoms with Crippen molar-refractivity contribution in [1.29, 1.82) is 0 Å². The SMILES string of the molecule is COc1cnccc1C(Cc1ccc(Br)s1)NN. The molecule has 0 spiro atoms. The maximum atomic E-state index is 5.65. The van der Waals surface area contributed by atoms with E-state index in [-0.39, 0.29) is 6.04 Å². The summed E-state index contributed by atoms with van der Waals surface area (Å²) in [6.45, 7) is 0. The number of nitrogens with two attached hydrogens (primary N) is 1. The van der Waals surface area contributed by atoms with Crippen LogP contribution in [0.5, 0.6) is 5.75 Å². The van der Waals surface area contributed by atoms with Crippen molar-refractivity contribution in [3.8, 4) is 5.75 Å². The molecule has 1 unspecified atom stereocenters. The second-order valence-electron chi connectivity index (χ2n) is 3.75. The third-order valence-electron chi connectivity index (χ3n) is 2.65. The van der Waals surface area contributed by atoms with Gasteiger partial charge in [0.1, 0.15) is 5.75 Å². The van der Waals surface area contributed by atoms with Crippen LogP contribution in [0.3, 0.4) is 0 Å². The van der Waals surface area contributed by atoms with Crippen molar-refractivity contribution in [3.05, 3.63) is 44.8 Å². The van der Waals surface area contributed by atoms with Crippen molar-refractivity contribution in [2.45, 2.75) is 12.5 Å². The van der Waals surface area contributed by atoms with Gasteiger partial charge in [-0.15, -0.1) is 11.3 Å². The largest absolute Gasteiger partial charge is 0.495 e. The Labute approximate surface area is 118 Å². The van der Waals surface area contributed by atoms with Crippen molar-refractivity contribution in [2.24, 2.45) is 5.84 Å². The molecule has 0 saturated heterocycles. The van der Waals surface area contributed by atoms with Gasteiger partial charge >= 0.3 is 0 Å². The molecular weight excluding hydrogens is 314 g/mol. The maximum absolute atomic E-state index is 5.65. The molecule has 0 aliphatic rings. The number of thiophene rings is 1. The normalized spacial score (nSPS) is 12.4. The van der Waals surface area contributed by atoms with Crippen LogP contribution in [0.4, 0.5) is 0 Å². The molecule has 18 heavy (non-hydrogen) atoms. The highest BCUT2D eigenvalue weighted by molar-refractivity contribution is 9.11. The van der Waals surface area contributed by atoms with E-state index in [0.717, 1.165) is 21.5 Å². The number of aromatic nitrogens is 1. The summed E-state index contributed by atoms with van der Waals surface area (Å²) < 4.78 is 6.43. The number of hydrogen-bond acceptors (Lipinski definition) is 5. The Bertz CT molecular complexity index is 518. The fourth-order valence-electron chi connectivity index (χ4n) is 1.77. The van der Waals surface area contributed by atoms with Gasteiger partial charge in [-0.05, 0) is 34.1 Å². The average Bonchev–Trinajstić information content (AvgIpc) is 2.81. The molecule has 0 aliphatic carbocycles. The first-order valence-corrected chi connectivity index (χ1v) is 7.03. The standard InChI is InChI=1S/C12H14BrN3OS/c1-17-11-7-15-5-4-9(11)10(16-14)6-8-2-3-12(13)18-8/h2-5,7,10,16H,6,14H2,1H3. The lowest BCUT2D eigenvalue weighted by Gasteiger charge is -2.17. The van der Waals surface area contributed by atoms with Gasteiger partial charge in [0, 0.05) is 23.1 Å². The van der Waals surface area contributed by atoms with Crippen LogP contribution in [0.2, 0.25) is 0 Å². The summed E-state index contributed by atoms with van der Waals surface area (Å²) in [5.41, 5.74) is 3.85. The molecule has 0 bridgehead atoms. The average molecular weight is 328 g/mol. The van der Waals surface area contributed by atoms with Crippen LogP contribution in [0.1, 0.15) is 16.5 Å². The van der Waals surface area contributed by atoms with Gasteiger partial charge in [0.25, 0.3) is 0 Å². The molecule has 0 radical (unpaired) electrons. The number of hydrazine groups is 1. The Morgan fingerprint density at radius 3 is 2.94 bits per heavy atom. The van der Waals surface area contributed by atoms with Crippen molar-refractivity contribution in [1.82, 2.24) is 10.4 Å². The number of methoxy groups -OCH3 is 1. The molecule has 1 atom stereocenters. The maximum Gasteiger partial charge on any atom is 0.141 e. The molecule has 0 saturated carbocycles. The van der Waals surface area contributed by atoms with Crippen LogP contribution >= 0.6 is 27.3 Å². The minimum atomic E-state index is 0.00787. The zero-order valence-electron chi connectivity index (χ0n) is 9.89. The zero-order valence-corrected chi connectivity index (χ0v) is 12.3. The van der Waals surface area contributed by atoms with Gasteiger partial charge < -0.3 is 4.74 Å². The summed E-state index contributed by atoms with van der Waals surface area (Å²) >= 11 is 5.16. The van der Waals surface area contributed by atoms with E-state index in [1.807, 2.05) is 12.1 Å². The molecule has 3 N–H and O–H groups in total. The van der Waals surface area contributed by atoms with E-state index in [0.29, 0.717) is 0 Å². The molecule has 0 amide bonds. The van der Waals surface area contributed by atoms with Crippen LogP contribution in [0.25, 0.3) is 0 Å². The predicted octanol–water partition coefficient (Wildman–Crippen LogP) is 2.66. The van der Waals surface area contributed by atoms with Gasteiger partial charge in [-0.3, -0.25) is 16.3 Å². The molecule has 0 fully saturated rings. The molecule has 2 aromatic rings. The summed E-state index contributed by atoms with van der Waals surface area (Å²) in [5.74, 6) is 6.40. The van der Waals surface area contributed by atoms with Gasteiger partial charge in [-0.25, -0.2) is 0 Å². The smallest absolute Gasteiger partial charge is 0.141 e. The molecule has 0 aromatic carbocycles. The van der Waals surface area contributed by atoms with Gasteiger partial charge in [0.15, 0.2) is 0 Å². The number of pyridine rings is 1. The summed E-state index contributed by atoms with van der Waals surface area (Å²) in [6, 6.07) is 6.06. The lowest BCUT2D eigenvalue weighted by atomic mass is 10.0. The van der Waals surface area contributed by atoms with E-state index < -0.39 is 0 Å². The van der Waals surface area contributed by atoms with Gasteiger partial charge in [-0.2, -0.15) is 0 Å². The Hall–Kier alpha value is -0.950. The number of ether oxygens (including phenoxy) is 1. The highest BCUT2D eigenvalue weighted by Gasteiger charge is 2.16. The van der Waals surface area contributed by atoms with Gasteiger partial charge in [0.2, 0.25) is 0 Å². The first kappa shape index (κ1) is 13.5. The van der Waals surface area contributed by atoms with E-state index in [1.54, 1.807) is 30.8 Å². The Balaban J connectivity index is 2.22. The van der Waals surface area contributed by atoms with Crippen LogP contribution in [0.15, 0.2) is 34.4 Å². The van der Waals surface area contributed by atoms with Crippen molar-refractivity contribution >= 4 is 27.3 Å². The third kappa shape index (κ3) is 3.08. The molecular formula is C12H14BrN3OS. The minimum absolute atomic E-state index is 0.00787. The molecule has 2 aromatic heterocycles. The topological polar surface area (TPSA) is 60.2 Å². The first-order valence-electron chi connectivity index (χ1n) is 5.43. The van der Waals surface area contributed by atoms with Gasteiger partial charge in [-0.1, -0.05) is 0 Å². The van der Waals surface area contributed by atoms with Crippen LogP contribution in [-0.4, -0.2) is 12.1 Å². The highest BCUT2D eigenvalue weighted by atomic mass is 79.9. The monoisotopic (exact) mass is 327 g/mol. The molecule has 96 valence electrons. The van der Waals surface area contributed by atoms with Gasteiger partial charge in [0.05, 0.1) is 23.1 Å². The zero-order chi connectivity index (χ0) is 13.0. The van der Waals surface area contributed by atoms with E-state index in [9.17, 15) is 0 Å². The van der Waals surface area contributed by atoms with Crippen molar-refractivity contribution < 1.29 is 4.74 Å². The van der Waals surface area contributed by atoms with E-state index in [1.165, 1.54) is 4.88 Å². The first-order chi connectivity index (χ1) is 8.74. The summed E-state index contributed by atoms with van der Waals surface area (Å²) in [4.78, 5) is 5.30. The quantitative estimate of drug-likeness (QED) is 0.654. The lowest BCUT2D eigenvalue weighted by Crippen LogP contribution is -2.29. The second-order valence-corrected chi connectivity index (χ2v) is 6.29. The third-order valence-corrected chi connectivity index (χ3v) is 4.29. The van der Waals surface area contributed by atoms with Crippen LogP contribution in [0, 0.1) is 0 Å². The van der Waals surface area contributed by atoms with Crippen molar-refractivity contribution in [2.75, 3.05) is 7.11 Å². The number of nitrogens with one attached hydrogen (secondary N) is 1. The highest BCUT2D eigenvalue weighted by Crippen LogP contribution is 2.30. The molecule has 4 nitrogen and oxygen atoms in total. The summed E-state index contributed by atoms with van der Waals surface area (Å²) in [5, 5.41) is 0. The number of halogens is 1. The number of nitrogens with zero attached hydrogens (tertiary/aromatic N) is 1. The van der Waals surface area contributed by atoms with Crippen molar-refractivity contribution in [3.63, 3.8) is 0 Å². The molecule has 6 heteroatoms. The predicted molar refractivity (Wildman–Crippen MR) is 76.6 cm³/mol. The Kier molecular flexibility index (Phi) is 4.71. The molecule has 0 aliphatic heterocycles. The number of rotatable bonds is 5. The lowest BCUT2D eigenvalue weighted by molar-refractivity contribution is 0.397. The summed E-state index contributed by atoms with van der Waals surface area (Å²) in [7, 11) is 1.63.